The number of anilines is 3. The van der Waals surface area contributed by atoms with Gasteiger partial charge < -0.3 is 9.47 Å². The van der Waals surface area contributed by atoms with Gasteiger partial charge in [-0.2, -0.15) is 0 Å². The van der Waals surface area contributed by atoms with Gasteiger partial charge in [0, 0.05) is 38.9 Å². The molecule has 0 saturated carbocycles. The van der Waals surface area contributed by atoms with Crippen molar-refractivity contribution in [2.45, 2.75) is 19.3 Å². The second-order valence-electron chi connectivity index (χ2n) is 16.2. The summed E-state index contributed by atoms with van der Waals surface area (Å²) in [7, 11) is 0. The highest BCUT2D eigenvalue weighted by Crippen LogP contribution is 2.50. The van der Waals surface area contributed by atoms with Crippen LogP contribution in [0.15, 0.2) is 218 Å². The monoisotopic (exact) mass is 754 g/mol. The topological polar surface area (TPSA) is 8.17 Å². The van der Waals surface area contributed by atoms with E-state index in [0.29, 0.717) is 0 Å². The molecule has 1 aromatic heterocycles. The smallest absolute Gasteiger partial charge is 0.0547 e. The van der Waals surface area contributed by atoms with E-state index in [1.807, 2.05) is 0 Å². The summed E-state index contributed by atoms with van der Waals surface area (Å²) in [6.45, 7) is 4.70. The maximum absolute atomic E-state index is 2.41. The Kier molecular flexibility index (Phi) is 8.20. The summed E-state index contributed by atoms with van der Waals surface area (Å²) in [5, 5.41) is 2.46. The molecule has 0 radical (unpaired) electrons. The van der Waals surface area contributed by atoms with Crippen LogP contribution in [0.4, 0.5) is 17.1 Å². The molecule has 1 heterocycles. The Labute approximate surface area is 345 Å². The third kappa shape index (κ3) is 5.79. The number of nitrogens with zero attached hydrogens (tertiary/aromatic N) is 2. The molecule has 0 aliphatic heterocycles. The molecule has 2 heteroatoms. The van der Waals surface area contributed by atoms with Crippen molar-refractivity contribution in [3.8, 4) is 50.2 Å². The van der Waals surface area contributed by atoms with Crippen molar-refractivity contribution in [1.82, 2.24) is 4.57 Å². The van der Waals surface area contributed by atoms with Gasteiger partial charge in [-0.3, -0.25) is 0 Å². The maximum Gasteiger partial charge on any atom is 0.0547 e. The van der Waals surface area contributed by atoms with Crippen LogP contribution in [0.3, 0.4) is 0 Å². The van der Waals surface area contributed by atoms with Crippen molar-refractivity contribution in [1.29, 1.82) is 0 Å². The van der Waals surface area contributed by atoms with Gasteiger partial charge in [-0.1, -0.05) is 166 Å². The highest BCUT2D eigenvalue weighted by atomic mass is 15.1. The predicted octanol–water partition coefficient (Wildman–Crippen LogP) is 15.6. The molecule has 280 valence electrons. The van der Waals surface area contributed by atoms with Crippen LogP contribution in [0.2, 0.25) is 0 Å². The van der Waals surface area contributed by atoms with Gasteiger partial charge >= 0.3 is 0 Å². The molecule has 0 N–H and O–H groups in total. The second-order valence-corrected chi connectivity index (χ2v) is 16.2. The summed E-state index contributed by atoms with van der Waals surface area (Å²) in [5.41, 5.74) is 19.5. The molecule has 59 heavy (non-hydrogen) atoms. The van der Waals surface area contributed by atoms with E-state index >= 15 is 0 Å². The van der Waals surface area contributed by atoms with Crippen molar-refractivity contribution in [3.05, 3.63) is 230 Å². The van der Waals surface area contributed by atoms with E-state index in [-0.39, 0.29) is 5.41 Å². The molecule has 10 aromatic rings. The van der Waals surface area contributed by atoms with Crippen LogP contribution in [-0.4, -0.2) is 4.57 Å². The van der Waals surface area contributed by atoms with Gasteiger partial charge in [0.05, 0.1) is 11.0 Å². The fraction of sp³-hybridized carbons (Fsp3) is 0.0526. The molecule has 1 aliphatic carbocycles. The molecular weight excluding hydrogens is 713 g/mol. The standard InChI is InChI=1S/C57H42N2/c1-57(2)52-26-13-12-24-49(52)50-34-30-43(37-53(50)57)40-28-31-45(32-29-40)58(46-23-14-20-42(36-46)39-16-6-3-7-17-39)47-33-35-54-51(38-47)56-48(41-18-8-4-9-19-41)25-15-27-55(56)59(54)44-21-10-5-11-22-44/h3-38H,1-2H3. The van der Waals surface area contributed by atoms with Gasteiger partial charge in [0.1, 0.15) is 0 Å². The Hall–Kier alpha value is -7.42. The second kappa shape index (κ2) is 13.9. The molecule has 0 spiro atoms. The van der Waals surface area contributed by atoms with Gasteiger partial charge in [0.25, 0.3) is 0 Å². The molecule has 2 nitrogen and oxygen atoms in total. The van der Waals surface area contributed by atoms with E-state index in [0.717, 1.165) is 22.7 Å². The maximum atomic E-state index is 2.41. The fourth-order valence-electron chi connectivity index (χ4n) is 9.50. The van der Waals surface area contributed by atoms with E-state index in [9.17, 15) is 0 Å². The third-order valence-corrected chi connectivity index (χ3v) is 12.4. The number of hydrogen-bond donors (Lipinski definition) is 0. The first-order chi connectivity index (χ1) is 29.0. The summed E-state index contributed by atoms with van der Waals surface area (Å²) in [5.74, 6) is 0. The molecule has 0 fully saturated rings. The van der Waals surface area contributed by atoms with Crippen LogP contribution in [0.1, 0.15) is 25.0 Å². The zero-order chi connectivity index (χ0) is 39.5. The molecule has 11 rings (SSSR count). The summed E-state index contributed by atoms with van der Waals surface area (Å²) >= 11 is 0. The van der Waals surface area contributed by atoms with Crippen LogP contribution in [0.5, 0.6) is 0 Å². The van der Waals surface area contributed by atoms with Crippen molar-refractivity contribution in [2.24, 2.45) is 0 Å². The van der Waals surface area contributed by atoms with Gasteiger partial charge in [-0.05, 0) is 122 Å². The van der Waals surface area contributed by atoms with E-state index in [4.69, 9.17) is 0 Å². The quantitative estimate of drug-likeness (QED) is 0.157. The van der Waals surface area contributed by atoms with Crippen LogP contribution in [0.25, 0.3) is 72.0 Å². The van der Waals surface area contributed by atoms with E-state index in [1.54, 1.807) is 0 Å². The minimum absolute atomic E-state index is 0.0505. The number of benzene rings is 9. The summed E-state index contributed by atoms with van der Waals surface area (Å²) in [4.78, 5) is 2.41. The molecule has 1 aliphatic rings. The number of para-hydroxylation sites is 1. The Morgan fingerprint density at radius 1 is 0.356 bits per heavy atom. The lowest BCUT2D eigenvalue weighted by molar-refractivity contribution is 0.660. The summed E-state index contributed by atoms with van der Waals surface area (Å²) < 4.78 is 2.41. The Balaban J connectivity index is 1.09. The molecule has 0 amide bonds. The van der Waals surface area contributed by atoms with Gasteiger partial charge in [0.2, 0.25) is 0 Å². The van der Waals surface area contributed by atoms with Crippen LogP contribution in [-0.2, 0) is 5.41 Å². The number of aromatic nitrogens is 1. The highest BCUT2D eigenvalue weighted by Gasteiger charge is 2.35. The highest BCUT2D eigenvalue weighted by molar-refractivity contribution is 6.16. The minimum atomic E-state index is -0.0505. The largest absolute Gasteiger partial charge is 0.310 e. The van der Waals surface area contributed by atoms with Gasteiger partial charge in [-0.25, -0.2) is 0 Å². The molecule has 0 unspecified atom stereocenters. The van der Waals surface area contributed by atoms with Crippen LogP contribution in [0, 0.1) is 0 Å². The lowest BCUT2D eigenvalue weighted by Gasteiger charge is -2.26. The fourth-order valence-corrected chi connectivity index (χ4v) is 9.50. The van der Waals surface area contributed by atoms with Crippen molar-refractivity contribution >= 4 is 38.9 Å². The summed E-state index contributed by atoms with van der Waals surface area (Å²) in [6, 6.07) is 79.8. The van der Waals surface area contributed by atoms with Gasteiger partial charge in [-0.15, -0.1) is 0 Å². The average molecular weight is 755 g/mol. The lowest BCUT2D eigenvalue weighted by atomic mass is 9.81. The summed E-state index contributed by atoms with van der Waals surface area (Å²) in [6.07, 6.45) is 0. The third-order valence-electron chi connectivity index (χ3n) is 12.4. The number of rotatable bonds is 7. The molecule has 0 bridgehead atoms. The van der Waals surface area contributed by atoms with E-state index < -0.39 is 0 Å². The van der Waals surface area contributed by atoms with Crippen LogP contribution < -0.4 is 4.90 Å². The van der Waals surface area contributed by atoms with E-state index in [2.05, 4.69) is 242 Å². The zero-order valence-electron chi connectivity index (χ0n) is 33.2. The predicted molar refractivity (Wildman–Crippen MR) is 249 cm³/mol. The van der Waals surface area contributed by atoms with E-state index in [1.165, 1.54) is 77.4 Å². The Morgan fingerprint density at radius 2 is 0.915 bits per heavy atom. The molecule has 9 aromatic carbocycles. The SMILES string of the molecule is CC1(C)c2ccccc2-c2ccc(-c3ccc(N(c4cccc(-c5ccccc5)c4)c4ccc5c(c4)c4c(-c6ccccc6)cccc4n5-c4ccccc4)cc3)cc21. The number of fused-ring (bicyclic) bond motifs is 6. The Morgan fingerprint density at radius 3 is 1.69 bits per heavy atom. The molecular formula is C57H42N2. The first-order valence-electron chi connectivity index (χ1n) is 20.5. The lowest BCUT2D eigenvalue weighted by Crippen LogP contribution is -2.14. The number of hydrogen-bond acceptors (Lipinski definition) is 1. The average Bonchev–Trinajstić information content (AvgIpc) is 3.75. The molecule has 0 saturated heterocycles. The first-order valence-corrected chi connectivity index (χ1v) is 20.5. The van der Waals surface area contributed by atoms with Crippen molar-refractivity contribution < 1.29 is 0 Å². The van der Waals surface area contributed by atoms with Crippen molar-refractivity contribution in [2.75, 3.05) is 4.90 Å². The first kappa shape index (κ1) is 34.8. The zero-order valence-corrected chi connectivity index (χ0v) is 33.2. The Bertz CT molecular complexity index is 3160. The van der Waals surface area contributed by atoms with Crippen molar-refractivity contribution in [3.63, 3.8) is 0 Å². The van der Waals surface area contributed by atoms with Gasteiger partial charge in [0.15, 0.2) is 0 Å². The minimum Gasteiger partial charge on any atom is -0.310 e. The normalized spacial score (nSPS) is 12.7. The van der Waals surface area contributed by atoms with Crippen LogP contribution >= 0.6 is 0 Å². The molecule has 0 atom stereocenters.